The van der Waals surface area contributed by atoms with E-state index in [9.17, 15) is 18.0 Å². The summed E-state index contributed by atoms with van der Waals surface area (Å²) in [5, 5.41) is 11.0. The standard InChI is InChI=1S/C22H23F3N6O3/c1-14-13-19(29-15-7-9-16(33-2)10-8-15)31-20(28-14)26-11-12-27-21(32)30-17-5-3-4-6-18(17)34-22(23,24)25/h3-10,13H,11-12H2,1-2H3,(H2,27,30,32)(H2,26,28,29,31). The number of carbonyl (C=O) groups excluding carboxylic acids is 1. The van der Waals surface area contributed by atoms with E-state index in [4.69, 9.17) is 4.74 Å². The number of aryl methyl sites for hydroxylation is 1. The number of urea groups is 1. The number of halogens is 3. The molecule has 2 aromatic carbocycles. The maximum Gasteiger partial charge on any atom is 0.573 e. The number of anilines is 4. The summed E-state index contributed by atoms with van der Waals surface area (Å²) in [7, 11) is 1.59. The number of aromatic nitrogens is 2. The van der Waals surface area contributed by atoms with Crippen LogP contribution in [-0.4, -0.2) is 42.6 Å². The molecule has 0 aliphatic heterocycles. The van der Waals surface area contributed by atoms with Gasteiger partial charge in [0.15, 0.2) is 5.75 Å². The molecule has 34 heavy (non-hydrogen) atoms. The zero-order valence-electron chi connectivity index (χ0n) is 18.4. The van der Waals surface area contributed by atoms with Crippen molar-refractivity contribution in [3.05, 3.63) is 60.3 Å². The van der Waals surface area contributed by atoms with Crippen molar-refractivity contribution in [1.29, 1.82) is 0 Å². The summed E-state index contributed by atoms with van der Waals surface area (Å²) in [6, 6.07) is 13.7. The molecule has 9 nitrogen and oxygen atoms in total. The number of rotatable bonds is 9. The summed E-state index contributed by atoms with van der Waals surface area (Å²) in [4.78, 5) is 20.7. The molecule has 0 spiro atoms. The molecule has 0 radical (unpaired) electrons. The second-order valence-electron chi connectivity index (χ2n) is 6.92. The molecule has 4 N–H and O–H groups in total. The van der Waals surface area contributed by atoms with Crippen LogP contribution in [0.4, 0.5) is 41.1 Å². The number of carbonyl (C=O) groups is 1. The maximum absolute atomic E-state index is 12.5. The first-order valence-electron chi connectivity index (χ1n) is 10.1. The van der Waals surface area contributed by atoms with Gasteiger partial charge in [-0.3, -0.25) is 0 Å². The van der Waals surface area contributed by atoms with Crippen molar-refractivity contribution in [1.82, 2.24) is 15.3 Å². The van der Waals surface area contributed by atoms with E-state index >= 15 is 0 Å². The lowest BCUT2D eigenvalue weighted by Gasteiger charge is -2.14. The molecule has 2 amide bonds. The Labute approximate surface area is 193 Å². The SMILES string of the molecule is COc1ccc(Nc2cc(C)nc(NCCNC(=O)Nc3ccccc3OC(F)(F)F)n2)cc1. The minimum Gasteiger partial charge on any atom is -0.497 e. The van der Waals surface area contributed by atoms with Crippen LogP contribution < -0.4 is 30.7 Å². The highest BCUT2D eigenvalue weighted by Gasteiger charge is 2.32. The Morgan fingerprint density at radius 3 is 2.47 bits per heavy atom. The van der Waals surface area contributed by atoms with Crippen LogP contribution in [0, 0.1) is 6.92 Å². The number of nitrogens with zero attached hydrogens (tertiary/aromatic N) is 2. The van der Waals surface area contributed by atoms with E-state index in [0.29, 0.717) is 11.8 Å². The van der Waals surface area contributed by atoms with Gasteiger partial charge in [0.05, 0.1) is 12.8 Å². The number of para-hydroxylation sites is 2. The summed E-state index contributed by atoms with van der Waals surface area (Å²) < 4.78 is 46.5. The highest BCUT2D eigenvalue weighted by molar-refractivity contribution is 5.90. The normalized spacial score (nSPS) is 10.9. The quantitative estimate of drug-likeness (QED) is 0.332. The van der Waals surface area contributed by atoms with Crippen LogP contribution >= 0.6 is 0 Å². The molecule has 3 aromatic rings. The second kappa shape index (κ2) is 11.1. The monoisotopic (exact) mass is 476 g/mol. The Morgan fingerprint density at radius 2 is 1.76 bits per heavy atom. The first-order chi connectivity index (χ1) is 16.2. The largest absolute Gasteiger partial charge is 0.573 e. The molecule has 0 aliphatic rings. The Hall–Kier alpha value is -4.22. The first kappa shape index (κ1) is 24.4. The van der Waals surface area contributed by atoms with Crippen molar-refractivity contribution >= 4 is 29.2 Å². The molecule has 1 aromatic heterocycles. The van der Waals surface area contributed by atoms with Gasteiger partial charge in [-0.1, -0.05) is 12.1 Å². The predicted molar refractivity (Wildman–Crippen MR) is 122 cm³/mol. The molecule has 0 saturated carbocycles. The van der Waals surface area contributed by atoms with Gasteiger partial charge >= 0.3 is 12.4 Å². The van der Waals surface area contributed by atoms with Crippen molar-refractivity contribution < 1.29 is 27.4 Å². The van der Waals surface area contributed by atoms with Gasteiger partial charge in [-0.15, -0.1) is 13.2 Å². The third-order valence-electron chi connectivity index (χ3n) is 4.27. The summed E-state index contributed by atoms with van der Waals surface area (Å²) in [5.74, 6) is 1.15. The van der Waals surface area contributed by atoms with Gasteiger partial charge in [-0.25, -0.2) is 9.78 Å². The van der Waals surface area contributed by atoms with E-state index in [1.807, 2.05) is 31.2 Å². The molecular weight excluding hydrogens is 453 g/mol. The third-order valence-corrected chi connectivity index (χ3v) is 4.27. The molecule has 3 rings (SSSR count). The fourth-order valence-corrected chi connectivity index (χ4v) is 2.83. The lowest BCUT2D eigenvalue weighted by Crippen LogP contribution is -2.33. The average molecular weight is 476 g/mol. The van der Waals surface area contributed by atoms with E-state index < -0.39 is 18.1 Å². The number of hydrogen-bond donors (Lipinski definition) is 4. The van der Waals surface area contributed by atoms with Crippen molar-refractivity contribution in [2.75, 3.05) is 36.1 Å². The fourth-order valence-electron chi connectivity index (χ4n) is 2.83. The Morgan fingerprint density at radius 1 is 1.03 bits per heavy atom. The molecule has 0 atom stereocenters. The molecule has 0 bridgehead atoms. The summed E-state index contributed by atoms with van der Waals surface area (Å²) >= 11 is 0. The van der Waals surface area contributed by atoms with Gasteiger partial charge in [0.1, 0.15) is 11.6 Å². The Bertz CT molecular complexity index is 1110. The first-order valence-corrected chi connectivity index (χ1v) is 10.1. The van der Waals surface area contributed by atoms with Crippen LogP contribution in [0.2, 0.25) is 0 Å². The van der Waals surface area contributed by atoms with Gasteiger partial charge < -0.3 is 30.7 Å². The second-order valence-corrected chi connectivity index (χ2v) is 6.92. The van der Waals surface area contributed by atoms with E-state index in [-0.39, 0.29) is 18.8 Å². The van der Waals surface area contributed by atoms with E-state index in [0.717, 1.165) is 23.2 Å². The van der Waals surface area contributed by atoms with Gasteiger partial charge in [0, 0.05) is 30.5 Å². The molecule has 180 valence electrons. The molecule has 12 heteroatoms. The summed E-state index contributed by atoms with van der Waals surface area (Å²) in [5.41, 5.74) is 1.43. The lowest BCUT2D eigenvalue weighted by atomic mass is 10.3. The number of benzene rings is 2. The minimum atomic E-state index is -4.87. The van der Waals surface area contributed by atoms with Crippen LogP contribution in [0.1, 0.15) is 5.69 Å². The van der Waals surface area contributed by atoms with Gasteiger partial charge in [0.25, 0.3) is 0 Å². The number of hydrogen-bond acceptors (Lipinski definition) is 7. The minimum absolute atomic E-state index is 0.110. The molecule has 0 unspecified atom stereocenters. The zero-order chi connectivity index (χ0) is 24.6. The van der Waals surface area contributed by atoms with Gasteiger partial charge in [0.2, 0.25) is 5.95 Å². The number of nitrogens with one attached hydrogen (secondary N) is 4. The van der Waals surface area contributed by atoms with Crippen molar-refractivity contribution in [3.63, 3.8) is 0 Å². The van der Waals surface area contributed by atoms with E-state index in [2.05, 4.69) is 36.0 Å². The highest BCUT2D eigenvalue weighted by atomic mass is 19.4. The van der Waals surface area contributed by atoms with Gasteiger partial charge in [-0.05, 0) is 43.3 Å². The third kappa shape index (κ3) is 7.73. The molecule has 0 fully saturated rings. The number of amides is 2. The molecule has 1 heterocycles. The zero-order valence-corrected chi connectivity index (χ0v) is 18.4. The Kier molecular flexibility index (Phi) is 7.96. The van der Waals surface area contributed by atoms with Crippen LogP contribution in [-0.2, 0) is 0 Å². The van der Waals surface area contributed by atoms with Crippen molar-refractivity contribution in [2.24, 2.45) is 0 Å². The highest BCUT2D eigenvalue weighted by Crippen LogP contribution is 2.29. The van der Waals surface area contributed by atoms with Crippen molar-refractivity contribution in [3.8, 4) is 11.5 Å². The van der Waals surface area contributed by atoms with E-state index in [1.54, 1.807) is 13.2 Å². The number of methoxy groups -OCH3 is 1. The van der Waals surface area contributed by atoms with Crippen LogP contribution in [0.25, 0.3) is 0 Å². The molecule has 0 aliphatic carbocycles. The summed E-state index contributed by atoms with van der Waals surface area (Å²) in [6.07, 6.45) is -4.87. The van der Waals surface area contributed by atoms with Crippen molar-refractivity contribution in [2.45, 2.75) is 13.3 Å². The number of ether oxygens (including phenoxy) is 2. The fraction of sp³-hybridized carbons (Fsp3) is 0.227. The summed E-state index contributed by atoms with van der Waals surface area (Å²) in [6.45, 7) is 2.25. The number of alkyl halides is 3. The van der Waals surface area contributed by atoms with E-state index in [1.165, 1.54) is 18.2 Å². The lowest BCUT2D eigenvalue weighted by molar-refractivity contribution is -0.274. The average Bonchev–Trinajstić information content (AvgIpc) is 2.77. The smallest absolute Gasteiger partial charge is 0.497 e. The maximum atomic E-state index is 12.5. The Balaban J connectivity index is 1.49. The predicted octanol–water partition coefficient (Wildman–Crippen LogP) is 4.67. The van der Waals surface area contributed by atoms with Crippen LogP contribution in [0.5, 0.6) is 11.5 Å². The van der Waals surface area contributed by atoms with Crippen LogP contribution in [0.15, 0.2) is 54.6 Å². The molecular formula is C22H23F3N6O3. The molecule has 0 saturated heterocycles. The topological polar surface area (TPSA) is 109 Å². The van der Waals surface area contributed by atoms with Gasteiger partial charge in [-0.2, -0.15) is 4.98 Å². The van der Waals surface area contributed by atoms with Crippen LogP contribution in [0.3, 0.4) is 0 Å².